The summed E-state index contributed by atoms with van der Waals surface area (Å²) in [6, 6.07) is 4.55. The van der Waals surface area contributed by atoms with E-state index in [0.29, 0.717) is 12.1 Å². The predicted molar refractivity (Wildman–Crippen MR) is 89.3 cm³/mol. The van der Waals surface area contributed by atoms with E-state index in [0.717, 1.165) is 0 Å². The van der Waals surface area contributed by atoms with Crippen molar-refractivity contribution in [2.24, 2.45) is 0 Å². The molecule has 3 rings (SSSR count). The number of rotatable bonds is 2. The molecule has 1 saturated heterocycles. The molecule has 0 radical (unpaired) electrons. The molecule has 0 aromatic carbocycles. The average Bonchev–Trinajstić information content (AvgIpc) is 3.13. The number of anilines is 2. The topological polar surface area (TPSA) is 137 Å². The third-order valence-corrected chi connectivity index (χ3v) is 3.75. The van der Waals surface area contributed by atoms with Gasteiger partial charge in [0.2, 0.25) is 5.60 Å². The molecule has 0 saturated carbocycles. The smallest absolute Gasteiger partial charge is 0.277 e. The van der Waals surface area contributed by atoms with Gasteiger partial charge < -0.3 is 21.1 Å². The number of nitrogens with one attached hydrogen (secondary N) is 2. The number of likely N-dealkylation sites (tertiary alicyclic amines) is 1. The molecule has 1 aliphatic heterocycles. The minimum absolute atomic E-state index is 0.129. The van der Waals surface area contributed by atoms with Gasteiger partial charge in [-0.3, -0.25) is 14.7 Å². The van der Waals surface area contributed by atoms with Gasteiger partial charge in [-0.1, -0.05) is 11.8 Å². The number of carbonyl (C=O) groups excluding carboxylic acids is 2. The van der Waals surface area contributed by atoms with Gasteiger partial charge in [-0.05, 0) is 12.1 Å². The van der Waals surface area contributed by atoms with Crippen LogP contribution in [0.3, 0.4) is 0 Å². The number of aromatic amines is 1. The van der Waals surface area contributed by atoms with Gasteiger partial charge in [0.25, 0.3) is 11.8 Å². The zero-order valence-electron chi connectivity index (χ0n) is 13.4. The first-order valence-electron chi connectivity index (χ1n) is 7.47. The number of aromatic nitrogens is 3. The predicted octanol–water partition coefficient (Wildman–Crippen LogP) is -0.416. The highest BCUT2D eigenvalue weighted by atomic mass is 16.3. The van der Waals surface area contributed by atoms with Crippen molar-refractivity contribution in [2.45, 2.75) is 12.0 Å². The Bertz CT molecular complexity index is 897. The Labute approximate surface area is 143 Å². The Balaban J connectivity index is 1.76. The van der Waals surface area contributed by atoms with Gasteiger partial charge in [0.1, 0.15) is 11.6 Å². The molecule has 1 aliphatic rings. The summed E-state index contributed by atoms with van der Waals surface area (Å²) in [7, 11) is 1.61. The zero-order chi connectivity index (χ0) is 18.0. The second kappa shape index (κ2) is 6.26. The second-order valence-corrected chi connectivity index (χ2v) is 5.68. The highest BCUT2D eigenvalue weighted by Gasteiger charge is 2.42. The van der Waals surface area contributed by atoms with Crippen LogP contribution >= 0.6 is 0 Å². The fourth-order valence-electron chi connectivity index (χ4n) is 2.36. The molecular weight excluding hydrogens is 324 g/mol. The van der Waals surface area contributed by atoms with E-state index in [1.807, 2.05) is 0 Å². The molecule has 0 aliphatic carbocycles. The molecule has 9 nitrogen and oxygen atoms in total. The summed E-state index contributed by atoms with van der Waals surface area (Å²) in [5.41, 5.74) is 4.44. The van der Waals surface area contributed by atoms with Crippen LogP contribution in [-0.4, -0.2) is 56.2 Å². The molecular formula is C16H16N6O3. The van der Waals surface area contributed by atoms with Crippen LogP contribution in [0.4, 0.5) is 11.6 Å². The lowest BCUT2D eigenvalue weighted by molar-refractivity contribution is -0.137. The first-order valence-corrected chi connectivity index (χ1v) is 7.47. The number of carbonyl (C=O) groups is 2. The molecule has 0 bridgehead atoms. The summed E-state index contributed by atoms with van der Waals surface area (Å²) >= 11 is 0. The number of H-pyrrole nitrogens is 1. The Hall–Kier alpha value is -3.38. The number of likely N-dealkylation sites (N-methyl/N-ethyl adjacent to an activating group) is 1. The van der Waals surface area contributed by atoms with E-state index >= 15 is 0 Å². The minimum atomic E-state index is -1.67. The molecule has 2 aromatic rings. The maximum atomic E-state index is 12.0. The third-order valence-electron chi connectivity index (χ3n) is 3.75. The van der Waals surface area contributed by atoms with E-state index in [-0.39, 0.29) is 23.8 Å². The number of amides is 2. The van der Waals surface area contributed by atoms with Crippen molar-refractivity contribution in [2.75, 3.05) is 24.6 Å². The lowest BCUT2D eigenvalue weighted by Gasteiger charge is -2.13. The highest BCUT2D eigenvalue weighted by molar-refractivity contribution is 6.02. The Morgan fingerprint density at radius 1 is 1.52 bits per heavy atom. The molecule has 128 valence electrons. The summed E-state index contributed by atoms with van der Waals surface area (Å²) < 4.78 is 0. The quantitative estimate of drug-likeness (QED) is 0.548. The van der Waals surface area contributed by atoms with E-state index in [1.54, 1.807) is 13.1 Å². The fraction of sp³-hybridized carbons (Fsp3) is 0.250. The van der Waals surface area contributed by atoms with E-state index in [9.17, 15) is 14.7 Å². The van der Waals surface area contributed by atoms with E-state index in [2.05, 4.69) is 32.3 Å². The SMILES string of the molecule is CN1CC[C@@](O)(C#Cc2ccnc(NC(=O)c3cc(N)[nH]n3)c2)C1=O. The normalized spacial score (nSPS) is 19.4. The molecule has 9 heteroatoms. The number of nitrogens with two attached hydrogens (primary N) is 1. The van der Waals surface area contributed by atoms with Gasteiger partial charge in [-0.25, -0.2) is 4.98 Å². The first-order chi connectivity index (χ1) is 11.9. The lowest BCUT2D eigenvalue weighted by Crippen LogP contribution is -2.37. The van der Waals surface area contributed by atoms with E-state index in [4.69, 9.17) is 5.73 Å². The van der Waals surface area contributed by atoms with Crippen molar-refractivity contribution in [3.63, 3.8) is 0 Å². The minimum Gasteiger partial charge on any atom is -0.384 e. The molecule has 1 fully saturated rings. The van der Waals surface area contributed by atoms with Crippen molar-refractivity contribution in [3.05, 3.63) is 35.7 Å². The molecule has 0 spiro atoms. The molecule has 0 unspecified atom stereocenters. The van der Waals surface area contributed by atoms with Crippen LogP contribution in [0.1, 0.15) is 22.5 Å². The van der Waals surface area contributed by atoms with E-state index < -0.39 is 17.4 Å². The summed E-state index contributed by atoms with van der Waals surface area (Å²) in [6.07, 6.45) is 1.72. The first kappa shape index (κ1) is 16.5. The fourth-order valence-corrected chi connectivity index (χ4v) is 2.36. The van der Waals surface area contributed by atoms with Crippen LogP contribution in [0.5, 0.6) is 0 Å². The monoisotopic (exact) mass is 340 g/mol. The standard InChI is InChI=1S/C16H16N6O3/c1-22-7-5-16(25,15(22)24)4-2-10-3-6-18-13(8-10)19-14(23)11-9-12(17)21-20-11/h3,6,8-9,25H,5,7H2,1H3,(H3,17,20,21)(H,18,19,23)/t16-/m0/s1. The van der Waals surface area contributed by atoms with Crippen molar-refractivity contribution < 1.29 is 14.7 Å². The van der Waals surface area contributed by atoms with Gasteiger partial charge in [-0.2, -0.15) is 5.10 Å². The highest BCUT2D eigenvalue weighted by Crippen LogP contribution is 2.21. The molecule has 3 heterocycles. The lowest BCUT2D eigenvalue weighted by atomic mass is 10.0. The van der Waals surface area contributed by atoms with E-state index in [1.165, 1.54) is 23.2 Å². The maximum absolute atomic E-state index is 12.0. The van der Waals surface area contributed by atoms with Crippen molar-refractivity contribution in [1.29, 1.82) is 0 Å². The number of nitrogen functional groups attached to an aromatic ring is 1. The van der Waals surface area contributed by atoms with Crippen LogP contribution in [0.15, 0.2) is 24.4 Å². The Morgan fingerprint density at radius 3 is 2.96 bits per heavy atom. The van der Waals surface area contributed by atoms with Crippen LogP contribution in [0.25, 0.3) is 0 Å². The largest absolute Gasteiger partial charge is 0.384 e. The molecule has 1 atom stereocenters. The molecule has 5 N–H and O–H groups in total. The molecule has 25 heavy (non-hydrogen) atoms. The van der Waals surface area contributed by atoms with Crippen LogP contribution < -0.4 is 11.1 Å². The number of nitrogens with zero attached hydrogens (tertiary/aromatic N) is 3. The van der Waals surface area contributed by atoms with Crippen LogP contribution in [-0.2, 0) is 4.79 Å². The summed E-state index contributed by atoms with van der Waals surface area (Å²) in [6.45, 7) is 0.453. The van der Waals surface area contributed by atoms with Crippen molar-refractivity contribution in [1.82, 2.24) is 20.1 Å². The van der Waals surface area contributed by atoms with Gasteiger partial charge in [0.05, 0.1) is 0 Å². The molecule has 2 amide bonds. The summed E-state index contributed by atoms with van der Waals surface area (Å²) in [5.74, 6) is 5.01. The number of aliphatic hydroxyl groups is 1. The third kappa shape index (κ3) is 3.44. The zero-order valence-corrected chi connectivity index (χ0v) is 13.4. The summed E-state index contributed by atoms with van der Waals surface area (Å²) in [4.78, 5) is 29.4. The number of hydrogen-bond donors (Lipinski definition) is 4. The van der Waals surface area contributed by atoms with Gasteiger partial charge in [-0.15, -0.1) is 0 Å². The van der Waals surface area contributed by atoms with Gasteiger partial charge >= 0.3 is 0 Å². The van der Waals surface area contributed by atoms with Gasteiger partial charge in [0, 0.05) is 37.8 Å². The van der Waals surface area contributed by atoms with Crippen LogP contribution in [0.2, 0.25) is 0 Å². The van der Waals surface area contributed by atoms with Gasteiger partial charge in [0.15, 0.2) is 5.69 Å². The van der Waals surface area contributed by atoms with Crippen molar-refractivity contribution >= 4 is 23.5 Å². The Morgan fingerprint density at radius 2 is 2.32 bits per heavy atom. The average molecular weight is 340 g/mol. The van der Waals surface area contributed by atoms with Crippen LogP contribution in [0, 0.1) is 11.8 Å². The number of hydrogen-bond acceptors (Lipinski definition) is 6. The van der Waals surface area contributed by atoms with Crippen molar-refractivity contribution in [3.8, 4) is 11.8 Å². The number of pyridine rings is 1. The maximum Gasteiger partial charge on any atom is 0.277 e. The molecule has 2 aromatic heterocycles. The summed E-state index contributed by atoms with van der Waals surface area (Å²) in [5, 5.41) is 19.1. The Kier molecular flexibility index (Phi) is 4.12. The second-order valence-electron chi connectivity index (χ2n) is 5.68.